The fourth-order valence-electron chi connectivity index (χ4n) is 1.80. The lowest BCUT2D eigenvalue weighted by molar-refractivity contribution is -0.114. The minimum Gasteiger partial charge on any atom is -0.421 e. The smallest absolute Gasteiger partial charge is 0.360 e. The van der Waals surface area contributed by atoms with E-state index in [2.05, 4.69) is 26.1 Å². The molecular formula is C15H17NO3S. The van der Waals surface area contributed by atoms with Gasteiger partial charge in [0.25, 0.3) is 0 Å². The number of anilines is 1. The van der Waals surface area contributed by atoms with Crippen LogP contribution in [0, 0.1) is 0 Å². The molecule has 0 saturated heterocycles. The Morgan fingerprint density at radius 1 is 1.25 bits per heavy atom. The number of amides is 1. The lowest BCUT2D eigenvalue weighted by Gasteiger charge is -2.17. The Kier molecular flexibility index (Phi) is 3.90. The van der Waals surface area contributed by atoms with Crippen molar-refractivity contribution in [3.8, 4) is 0 Å². The molecule has 0 saturated carbocycles. The molecule has 0 bridgehead atoms. The van der Waals surface area contributed by atoms with Crippen LogP contribution in [-0.2, 0) is 4.79 Å². The van der Waals surface area contributed by atoms with E-state index in [0.717, 1.165) is 10.3 Å². The van der Waals surface area contributed by atoms with Crippen molar-refractivity contribution in [3.05, 3.63) is 34.7 Å². The first-order valence-corrected chi connectivity index (χ1v) is 7.11. The third-order valence-electron chi connectivity index (χ3n) is 2.44. The summed E-state index contributed by atoms with van der Waals surface area (Å²) in [5.74, 6) is -0.295. The molecule has 1 heterocycles. The Labute approximate surface area is 121 Å². The van der Waals surface area contributed by atoms with Gasteiger partial charge in [-0.1, -0.05) is 20.8 Å². The highest BCUT2D eigenvalue weighted by Gasteiger charge is 2.13. The summed E-state index contributed by atoms with van der Waals surface area (Å²) in [5, 5.41) is 3.28. The number of thioether (sulfide) groups is 1. The fourth-order valence-corrected chi connectivity index (χ4v) is 2.82. The first-order valence-electron chi connectivity index (χ1n) is 6.29. The lowest BCUT2D eigenvalue weighted by atomic mass is 10.2. The van der Waals surface area contributed by atoms with Crippen LogP contribution in [0.5, 0.6) is 0 Å². The molecule has 0 atom stereocenters. The number of hydrogen-bond donors (Lipinski definition) is 1. The zero-order valence-electron chi connectivity index (χ0n) is 11.9. The molecular weight excluding hydrogens is 274 g/mol. The van der Waals surface area contributed by atoms with Crippen molar-refractivity contribution < 1.29 is 9.21 Å². The molecule has 0 aliphatic rings. The quantitative estimate of drug-likeness (QED) is 0.678. The summed E-state index contributed by atoms with van der Waals surface area (Å²) >= 11 is 1.73. The molecule has 0 radical (unpaired) electrons. The van der Waals surface area contributed by atoms with E-state index in [-0.39, 0.29) is 16.3 Å². The van der Waals surface area contributed by atoms with Gasteiger partial charge < -0.3 is 9.73 Å². The van der Waals surface area contributed by atoms with Gasteiger partial charge in [-0.2, -0.15) is 0 Å². The number of hydrogen-bond acceptors (Lipinski definition) is 4. The SMILES string of the molecule is CC(=O)Nc1cc2cc(SC(C)(C)C)ccc2oc1=O. The van der Waals surface area contributed by atoms with Crippen molar-refractivity contribution in [2.24, 2.45) is 0 Å². The Bertz CT molecular complexity index is 713. The van der Waals surface area contributed by atoms with Gasteiger partial charge in [0.1, 0.15) is 11.3 Å². The monoisotopic (exact) mass is 291 g/mol. The average Bonchev–Trinajstić information content (AvgIpc) is 2.28. The van der Waals surface area contributed by atoms with Gasteiger partial charge in [0.2, 0.25) is 5.91 Å². The molecule has 0 aliphatic heterocycles. The summed E-state index contributed by atoms with van der Waals surface area (Å²) in [4.78, 5) is 23.8. The van der Waals surface area contributed by atoms with E-state index < -0.39 is 5.63 Å². The van der Waals surface area contributed by atoms with E-state index in [0.29, 0.717) is 5.58 Å². The Morgan fingerprint density at radius 2 is 1.95 bits per heavy atom. The van der Waals surface area contributed by atoms with E-state index >= 15 is 0 Å². The highest BCUT2D eigenvalue weighted by molar-refractivity contribution is 8.00. The average molecular weight is 291 g/mol. The Morgan fingerprint density at radius 3 is 2.55 bits per heavy atom. The second-order valence-corrected chi connectivity index (χ2v) is 7.44. The maximum atomic E-state index is 11.7. The number of carbonyl (C=O) groups excluding carboxylic acids is 1. The molecule has 0 fully saturated rings. The van der Waals surface area contributed by atoms with Crippen molar-refractivity contribution in [2.75, 3.05) is 5.32 Å². The summed E-state index contributed by atoms with van der Waals surface area (Å²) < 4.78 is 5.30. The maximum absolute atomic E-state index is 11.7. The third kappa shape index (κ3) is 3.63. The van der Waals surface area contributed by atoms with Crippen LogP contribution in [0.3, 0.4) is 0 Å². The summed E-state index contributed by atoms with van der Waals surface area (Å²) in [6, 6.07) is 7.32. The molecule has 1 aromatic carbocycles. The van der Waals surface area contributed by atoms with Gasteiger partial charge in [-0.05, 0) is 24.3 Å². The van der Waals surface area contributed by atoms with Crippen LogP contribution in [0.2, 0.25) is 0 Å². The predicted octanol–water partition coefficient (Wildman–Crippen LogP) is 3.64. The van der Waals surface area contributed by atoms with Gasteiger partial charge in [-0.25, -0.2) is 4.79 Å². The van der Waals surface area contributed by atoms with Gasteiger partial charge >= 0.3 is 5.63 Å². The van der Waals surface area contributed by atoms with Crippen LogP contribution < -0.4 is 10.9 Å². The minimum absolute atomic E-state index is 0.101. The van der Waals surface area contributed by atoms with E-state index in [4.69, 9.17) is 4.42 Å². The molecule has 0 aliphatic carbocycles. The summed E-state index contributed by atoms with van der Waals surface area (Å²) in [6.45, 7) is 7.76. The highest BCUT2D eigenvalue weighted by Crippen LogP contribution is 2.33. The van der Waals surface area contributed by atoms with Crippen LogP contribution in [0.4, 0.5) is 5.69 Å². The Balaban J connectivity index is 2.47. The Hall–Kier alpha value is -1.75. The zero-order chi connectivity index (χ0) is 14.9. The van der Waals surface area contributed by atoms with Crippen LogP contribution in [0.15, 0.2) is 38.4 Å². The topological polar surface area (TPSA) is 59.3 Å². The molecule has 106 valence electrons. The van der Waals surface area contributed by atoms with Gasteiger partial charge in [-0.3, -0.25) is 4.79 Å². The molecule has 0 unspecified atom stereocenters. The van der Waals surface area contributed by atoms with Gasteiger partial charge in [-0.15, -0.1) is 11.8 Å². The number of benzene rings is 1. The second-order valence-electron chi connectivity index (χ2n) is 5.54. The van der Waals surface area contributed by atoms with E-state index in [1.807, 2.05) is 12.1 Å². The number of nitrogens with one attached hydrogen (secondary N) is 1. The van der Waals surface area contributed by atoms with Crippen molar-refractivity contribution in [1.29, 1.82) is 0 Å². The van der Waals surface area contributed by atoms with Crippen LogP contribution in [0.1, 0.15) is 27.7 Å². The summed E-state index contributed by atoms with van der Waals surface area (Å²) in [6.07, 6.45) is 0. The van der Waals surface area contributed by atoms with Gasteiger partial charge in [0.15, 0.2) is 0 Å². The number of fused-ring (bicyclic) bond motifs is 1. The number of carbonyl (C=O) groups is 1. The standard InChI is InChI=1S/C15H17NO3S/c1-9(17)16-12-8-10-7-11(20-15(2,3)4)5-6-13(10)19-14(12)18/h5-8H,1-4H3,(H,16,17). The molecule has 2 aromatic rings. The predicted molar refractivity (Wildman–Crippen MR) is 82.4 cm³/mol. The fraction of sp³-hybridized carbons (Fsp3) is 0.333. The van der Waals surface area contributed by atoms with Gasteiger partial charge in [0.05, 0.1) is 0 Å². The summed E-state index contributed by atoms with van der Waals surface area (Å²) in [5.41, 5.74) is 0.147. The van der Waals surface area contributed by atoms with Crippen LogP contribution >= 0.6 is 11.8 Å². The minimum atomic E-state index is -0.538. The second kappa shape index (κ2) is 5.32. The van der Waals surface area contributed by atoms with Gasteiger partial charge in [0, 0.05) is 22.0 Å². The van der Waals surface area contributed by atoms with Crippen molar-refractivity contribution in [2.45, 2.75) is 37.3 Å². The summed E-state index contributed by atoms with van der Waals surface area (Å²) in [7, 11) is 0. The largest absolute Gasteiger partial charge is 0.421 e. The first-order chi connectivity index (χ1) is 9.24. The zero-order valence-corrected chi connectivity index (χ0v) is 12.8. The molecule has 1 aromatic heterocycles. The van der Waals surface area contributed by atoms with Crippen molar-refractivity contribution >= 4 is 34.3 Å². The van der Waals surface area contributed by atoms with Crippen LogP contribution in [0.25, 0.3) is 11.0 Å². The van der Waals surface area contributed by atoms with Crippen molar-refractivity contribution in [1.82, 2.24) is 0 Å². The number of rotatable bonds is 2. The highest BCUT2D eigenvalue weighted by atomic mass is 32.2. The molecule has 20 heavy (non-hydrogen) atoms. The van der Waals surface area contributed by atoms with E-state index in [1.54, 1.807) is 23.9 Å². The first kappa shape index (κ1) is 14.7. The molecule has 4 nitrogen and oxygen atoms in total. The molecule has 2 rings (SSSR count). The molecule has 5 heteroatoms. The molecule has 1 amide bonds. The van der Waals surface area contributed by atoms with E-state index in [1.165, 1.54) is 6.92 Å². The normalized spacial score (nSPS) is 11.6. The van der Waals surface area contributed by atoms with Crippen LogP contribution in [-0.4, -0.2) is 10.7 Å². The van der Waals surface area contributed by atoms with Crippen molar-refractivity contribution in [3.63, 3.8) is 0 Å². The third-order valence-corrected chi connectivity index (χ3v) is 3.54. The van der Waals surface area contributed by atoms with E-state index in [9.17, 15) is 9.59 Å². The molecule has 0 spiro atoms. The maximum Gasteiger partial charge on any atom is 0.360 e. The molecule has 1 N–H and O–H groups in total. The lowest BCUT2D eigenvalue weighted by Crippen LogP contribution is -2.14.